The number of hydrogen-bond donors (Lipinski definition) is 5. The van der Waals surface area contributed by atoms with Crippen LogP contribution < -0.4 is 27.4 Å². The lowest BCUT2D eigenvalue weighted by Gasteiger charge is -2.30. The summed E-state index contributed by atoms with van der Waals surface area (Å²) in [6, 6.07) is 10.1. The molecule has 59 heavy (non-hydrogen) atoms. The van der Waals surface area contributed by atoms with E-state index in [0.29, 0.717) is 89.0 Å². The van der Waals surface area contributed by atoms with E-state index in [9.17, 15) is 9.59 Å². The second-order valence-electron chi connectivity index (χ2n) is 14.2. The van der Waals surface area contributed by atoms with E-state index in [1.54, 1.807) is 18.6 Å². The molecule has 7 aromatic rings. The summed E-state index contributed by atoms with van der Waals surface area (Å²) in [7, 11) is 0. The van der Waals surface area contributed by atoms with Gasteiger partial charge in [0.05, 0.1) is 34.6 Å². The van der Waals surface area contributed by atoms with E-state index in [-0.39, 0.29) is 23.5 Å². The molecule has 8 rings (SSSR count). The predicted octanol–water partition coefficient (Wildman–Crippen LogP) is 3.15. The van der Waals surface area contributed by atoms with Crippen LogP contribution in [0.3, 0.4) is 0 Å². The van der Waals surface area contributed by atoms with Crippen molar-refractivity contribution in [3.8, 4) is 23.0 Å². The average Bonchev–Trinajstić information content (AvgIpc) is 4.06. The summed E-state index contributed by atoms with van der Waals surface area (Å²) in [4.78, 5) is 45.6. The van der Waals surface area contributed by atoms with Crippen LogP contribution in [0, 0.1) is 5.92 Å². The number of benzene rings is 1. The Morgan fingerprint density at radius 1 is 0.729 bits per heavy atom. The minimum atomic E-state index is -0.220. The Morgan fingerprint density at radius 2 is 1.25 bits per heavy atom. The minimum Gasteiger partial charge on any atom is -0.379 e. The molecule has 1 aliphatic rings. The first-order valence-corrected chi connectivity index (χ1v) is 19.7. The van der Waals surface area contributed by atoms with Crippen LogP contribution in [0.25, 0.3) is 45.1 Å². The Hall–Kier alpha value is -6.80. The van der Waals surface area contributed by atoms with Crippen LogP contribution >= 0.6 is 0 Å². The molecule has 7 heterocycles. The van der Waals surface area contributed by atoms with Crippen molar-refractivity contribution in [3.63, 3.8) is 0 Å². The number of nitrogens with zero attached hydrogens (tertiary/aromatic N) is 11. The molecule has 1 fully saturated rings. The van der Waals surface area contributed by atoms with Crippen LogP contribution in [0.4, 0.5) is 11.6 Å². The highest BCUT2D eigenvalue weighted by Crippen LogP contribution is 2.29. The number of imidazole rings is 2. The number of rotatable bonds is 14. The number of nitrogens with one attached hydrogen (secondary N) is 3. The van der Waals surface area contributed by atoms with Crippen LogP contribution in [-0.2, 0) is 19.6 Å². The fraction of sp³-hybridized carbons (Fsp3) is 0.385. The van der Waals surface area contributed by atoms with E-state index in [1.165, 1.54) is 24.6 Å². The molecule has 0 unspecified atom stereocenters. The standard InChI is InChI=1S/C20H22N8O2.C19H26N8O2/c1-2-28-17-14(20(29)24-9-8-22-10-13-6-4-3-5-7-13)11-23-12-15(17)25-19(28)16-18(21)27-30-26-16;1-3-27-16-13(19(28)22-6-9-26-7-4-12(2)5-8-26)10-21-11-14(16)23-18(27)15-17(20)25-29-24-15/h3-7,11-12,22H,2,8-10H2,1H3,(H2,21,27)(H,24,29);10-12H,3-9H2,1-2H3,(H2,20,25)(H,22,28). The summed E-state index contributed by atoms with van der Waals surface area (Å²) >= 11 is 0. The lowest BCUT2D eigenvalue weighted by molar-refractivity contribution is 0.0940. The smallest absolute Gasteiger partial charge is 0.255 e. The largest absolute Gasteiger partial charge is 0.379 e. The van der Waals surface area contributed by atoms with E-state index in [1.807, 2.05) is 41.2 Å². The number of nitrogen functional groups attached to an aromatic ring is 2. The van der Waals surface area contributed by atoms with E-state index < -0.39 is 0 Å². The highest BCUT2D eigenvalue weighted by atomic mass is 16.6. The number of fused-ring (bicyclic) bond motifs is 2. The van der Waals surface area contributed by atoms with Gasteiger partial charge in [-0.25, -0.2) is 19.2 Å². The van der Waals surface area contributed by atoms with Crippen LogP contribution in [0.15, 0.2) is 64.4 Å². The Bertz CT molecular complexity index is 2500. The van der Waals surface area contributed by atoms with E-state index in [2.05, 4.69) is 80.5 Å². The number of pyridine rings is 2. The monoisotopic (exact) mass is 804 g/mol. The molecule has 1 aliphatic heterocycles. The van der Waals surface area contributed by atoms with Crippen molar-refractivity contribution >= 4 is 45.5 Å². The number of anilines is 2. The molecule has 2 amide bonds. The van der Waals surface area contributed by atoms with Gasteiger partial charge in [0, 0.05) is 58.2 Å². The van der Waals surface area contributed by atoms with Gasteiger partial charge in [-0.15, -0.1) is 0 Å². The molecule has 1 saturated heterocycles. The maximum atomic E-state index is 12.9. The van der Waals surface area contributed by atoms with E-state index >= 15 is 0 Å². The highest BCUT2D eigenvalue weighted by Gasteiger charge is 2.24. The Balaban J connectivity index is 0.000000179. The maximum Gasteiger partial charge on any atom is 0.255 e. The van der Waals surface area contributed by atoms with Crippen LogP contribution in [0.1, 0.15) is 59.9 Å². The second-order valence-corrected chi connectivity index (χ2v) is 14.2. The van der Waals surface area contributed by atoms with Crippen molar-refractivity contribution in [1.82, 2.24) is 70.5 Å². The molecule has 0 aliphatic carbocycles. The van der Waals surface area contributed by atoms with Crippen molar-refractivity contribution in [2.45, 2.75) is 53.2 Å². The van der Waals surface area contributed by atoms with Crippen LogP contribution in [-0.4, -0.2) is 106 Å². The molecule has 0 radical (unpaired) electrons. The normalized spacial score (nSPS) is 13.4. The average molecular weight is 805 g/mol. The first-order chi connectivity index (χ1) is 28.8. The van der Waals surface area contributed by atoms with Crippen LogP contribution in [0.2, 0.25) is 0 Å². The Morgan fingerprint density at radius 3 is 1.75 bits per heavy atom. The summed E-state index contributed by atoms with van der Waals surface area (Å²) in [6.45, 7) is 12.8. The van der Waals surface area contributed by atoms with Gasteiger partial charge in [0.15, 0.2) is 34.7 Å². The quantitative estimate of drug-likeness (QED) is 0.0989. The minimum absolute atomic E-state index is 0.142. The molecule has 0 atom stereocenters. The number of carbonyl (C=O) groups is 2. The summed E-state index contributed by atoms with van der Waals surface area (Å²) in [6.07, 6.45) is 8.78. The summed E-state index contributed by atoms with van der Waals surface area (Å²) < 4.78 is 13.2. The fourth-order valence-corrected chi connectivity index (χ4v) is 7.08. The number of aromatic nitrogens is 10. The highest BCUT2D eigenvalue weighted by molar-refractivity contribution is 6.06. The van der Waals surface area contributed by atoms with Gasteiger partial charge in [0.1, 0.15) is 11.0 Å². The zero-order valence-corrected chi connectivity index (χ0v) is 33.3. The molecule has 20 nitrogen and oxygen atoms in total. The predicted molar refractivity (Wildman–Crippen MR) is 219 cm³/mol. The number of piperidine rings is 1. The lowest BCUT2D eigenvalue weighted by Crippen LogP contribution is -2.39. The van der Waals surface area contributed by atoms with Gasteiger partial charge in [0.2, 0.25) is 0 Å². The Kier molecular flexibility index (Phi) is 12.8. The fourth-order valence-electron chi connectivity index (χ4n) is 7.08. The number of aryl methyl sites for hydroxylation is 2. The molecule has 0 spiro atoms. The number of likely N-dealkylation sites (tertiary alicyclic amines) is 1. The molecule has 7 N–H and O–H groups in total. The van der Waals surface area contributed by atoms with Gasteiger partial charge in [-0.1, -0.05) is 37.3 Å². The molecule has 20 heteroatoms. The van der Waals surface area contributed by atoms with Gasteiger partial charge in [-0.3, -0.25) is 19.6 Å². The first-order valence-electron chi connectivity index (χ1n) is 19.7. The lowest BCUT2D eigenvalue weighted by atomic mass is 9.99. The van der Waals surface area contributed by atoms with Crippen molar-refractivity contribution < 1.29 is 18.8 Å². The summed E-state index contributed by atoms with van der Waals surface area (Å²) in [5.41, 5.74) is 17.0. The van der Waals surface area contributed by atoms with Gasteiger partial charge in [-0.2, -0.15) is 0 Å². The molecular weight excluding hydrogens is 757 g/mol. The van der Waals surface area contributed by atoms with Gasteiger partial charge < -0.3 is 41.5 Å². The van der Waals surface area contributed by atoms with Crippen LogP contribution in [0.5, 0.6) is 0 Å². The third-order valence-electron chi connectivity index (χ3n) is 10.2. The number of nitrogens with two attached hydrogens (primary N) is 2. The molecule has 0 bridgehead atoms. The Labute approximate surface area is 339 Å². The van der Waals surface area contributed by atoms with Crippen molar-refractivity contribution in [3.05, 3.63) is 71.8 Å². The SMILES string of the molecule is CCn1c(-c2nonc2N)nc2cncc(C(=O)NCCN3CCC(C)CC3)c21.CCn1c(-c2nonc2N)nc2cncc(C(=O)NCCNCc3ccccc3)c21. The molecular formula is C39H48N16O4. The van der Waals surface area contributed by atoms with E-state index in [0.717, 1.165) is 32.1 Å². The third kappa shape index (κ3) is 9.02. The van der Waals surface area contributed by atoms with Gasteiger partial charge in [-0.05, 0) is 71.9 Å². The zero-order chi connectivity index (χ0) is 41.3. The van der Waals surface area contributed by atoms with E-state index in [4.69, 9.17) is 20.7 Å². The van der Waals surface area contributed by atoms with Gasteiger partial charge >= 0.3 is 0 Å². The zero-order valence-electron chi connectivity index (χ0n) is 33.3. The molecule has 0 saturated carbocycles. The molecule has 1 aromatic carbocycles. The number of hydrogen-bond acceptors (Lipinski definition) is 16. The number of carbonyl (C=O) groups excluding carboxylic acids is 2. The van der Waals surface area contributed by atoms with Crippen molar-refractivity contribution in [2.75, 3.05) is 50.7 Å². The maximum absolute atomic E-state index is 12.9. The van der Waals surface area contributed by atoms with Crippen molar-refractivity contribution in [2.24, 2.45) is 5.92 Å². The first kappa shape index (κ1) is 40.4. The summed E-state index contributed by atoms with van der Waals surface area (Å²) in [5, 5.41) is 24.2. The third-order valence-corrected chi connectivity index (χ3v) is 10.2. The molecule has 6 aromatic heterocycles. The number of amides is 2. The summed E-state index contributed by atoms with van der Waals surface area (Å²) in [5.74, 6) is 1.70. The molecule has 308 valence electrons. The van der Waals surface area contributed by atoms with Gasteiger partial charge in [0.25, 0.3) is 11.8 Å². The van der Waals surface area contributed by atoms with Crippen molar-refractivity contribution in [1.29, 1.82) is 0 Å². The second kappa shape index (κ2) is 18.6. The topological polar surface area (TPSA) is 265 Å².